The second-order valence-corrected chi connectivity index (χ2v) is 4.96. The number of aliphatic hydroxyl groups excluding tert-OH is 1. The van der Waals surface area contributed by atoms with Crippen molar-refractivity contribution in [3.05, 3.63) is 57.6 Å². The van der Waals surface area contributed by atoms with Crippen molar-refractivity contribution in [2.45, 2.75) is 19.4 Å². The van der Waals surface area contributed by atoms with E-state index in [9.17, 15) is 5.11 Å². The maximum atomic E-state index is 10.6. The van der Waals surface area contributed by atoms with Crippen LogP contribution in [0, 0.1) is 0 Å². The highest BCUT2D eigenvalue weighted by molar-refractivity contribution is 6.30. The van der Waals surface area contributed by atoms with Gasteiger partial charge in [-0.15, -0.1) is 0 Å². The van der Waals surface area contributed by atoms with E-state index in [1.807, 2.05) is 25.1 Å². The zero-order valence-corrected chi connectivity index (χ0v) is 11.2. The van der Waals surface area contributed by atoms with Gasteiger partial charge in [-0.25, -0.2) is 0 Å². The van der Waals surface area contributed by atoms with Crippen molar-refractivity contribution in [1.82, 2.24) is 9.97 Å². The van der Waals surface area contributed by atoms with Gasteiger partial charge >= 0.3 is 0 Å². The van der Waals surface area contributed by atoms with E-state index in [1.165, 1.54) is 0 Å². The molecular formula is C15H13ClN2O. The van der Waals surface area contributed by atoms with Gasteiger partial charge in [0.25, 0.3) is 0 Å². The fourth-order valence-corrected chi connectivity index (χ4v) is 2.42. The number of nitrogens with zero attached hydrogens (tertiary/aromatic N) is 2. The van der Waals surface area contributed by atoms with Crippen LogP contribution in [0.25, 0.3) is 12.2 Å². The predicted octanol–water partition coefficient (Wildman–Crippen LogP) is 3.26. The van der Waals surface area contributed by atoms with E-state index >= 15 is 0 Å². The highest BCUT2D eigenvalue weighted by Crippen LogP contribution is 2.33. The Bertz CT molecular complexity index is 667. The van der Waals surface area contributed by atoms with E-state index < -0.39 is 6.10 Å². The second-order valence-electron chi connectivity index (χ2n) is 4.52. The summed E-state index contributed by atoms with van der Waals surface area (Å²) in [5, 5.41) is 11.1. The summed E-state index contributed by atoms with van der Waals surface area (Å²) in [7, 11) is 0. The SMILES string of the molecule is CCc1cc2c(cn1)C=Cc1ncc(Cl)cc1[C@H]2O. The van der Waals surface area contributed by atoms with Crippen molar-refractivity contribution < 1.29 is 5.11 Å². The summed E-state index contributed by atoms with van der Waals surface area (Å²) in [5.41, 5.74) is 4.20. The number of hydrogen-bond acceptors (Lipinski definition) is 3. The topological polar surface area (TPSA) is 46.0 Å². The predicted molar refractivity (Wildman–Crippen MR) is 75.9 cm³/mol. The summed E-state index contributed by atoms with van der Waals surface area (Å²) in [5.74, 6) is 0. The van der Waals surface area contributed by atoms with Gasteiger partial charge in [0.15, 0.2) is 0 Å². The average Bonchev–Trinajstić information content (AvgIpc) is 2.57. The number of pyridine rings is 2. The Morgan fingerprint density at radius 1 is 1.16 bits per heavy atom. The Hall–Kier alpha value is -1.71. The largest absolute Gasteiger partial charge is 0.384 e. The molecule has 0 radical (unpaired) electrons. The molecule has 2 aromatic rings. The van der Waals surface area contributed by atoms with Crippen LogP contribution in [0.1, 0.15) is 41.1 Å². The van der Waals surface area contributed by atoms with E-state index in [4.69, 9.17) is 11.6 Å². The molecule has 0 saturated carbocycles. The zero-order valence-electron chi connectivity index (χ0n) is 10.5. The lowest BCUT2D eigenvalue weighted by Crippen LogP contribution is -2.05. The van der Waals surface area contributed by atoms with Crippen LogP contribution in [-0.4, -0.2) is 15.1 Å². The lowest BCUT2D eigenvalue weighted by atomic mass is 9.99. The number of hydrogen-bond donors (Lipinski definition) is 1. The molecule has 4 heteroatoms. The maximum Gasteiger partial charge on any atom is 0.107 e. The first kappa shape index (κ1) is 12.3. The van der Waals surface area contributed by atoms with Crippen LogP contribution in [0.3, 0.4) is 0 Å². The highest BCUT2D eigenvalue weighted by atomic mass is 35.5. The summed E-state index contributed by atoms with van der Waals surface area (Å²) < 4.78 is 0. The van der Waals surface area contributed by atoms with Gasteiger partial charge in [0.05, 0.1) is 10.7 Å². The molecule has 1 aliphatic rings. The molecule has 0 amide bonds. The fourth-order valence-electron chi connectivity index (χ4n) is 2.26. The first-order valence-corrected chi connectivity index (χ1v) is 6.57. The van der Waals surface area contributed by atoms with Crippen molar-refractivity contribution in [3.8, 4) is 0 Å². The van der Waals surface area contributed by atoms with Crippen LogP contribution < -0.4 is 0 Å². The normalized spacial score (nSPS) is 16.7. The van der Waals surface area contributed by atoms with Gasteiger partial charge in [-0.05, 0) is 35.8 Å². The minimum absolute atomic E-state index is 0.527. The van der Waals surface area contributed by atoms with Crippen molar-refractivity contribution in [2.24, 2.45) is 0 Å². The zero-order chi connectivity index (χ0) is 13.4. The highest BCUT2D eigenvalue weighted by Gasteiger charge is 2.21. The molecule has 2 heterocycles. The van der Waals surface area contributed by atoms with Crippen molar-refractivity contribution >= 4 is 23.8 Å². The molecule has 0 bridgehead atoms. The summed E-state index contributed by atoms with van der Waals surface area (Å²) in [4.78, 5) is 8.61. The van der Waals surface area contributed by atoms with Crippen LogP contribution in [-0.2, 0) is 6.42 Å². The smallest absolute Gasteiger partial charge is 0.107 e. The molecule has 0 saturated heterocycles. The number of halogens is 1. The average molecular weight is 273 g/mol. The number of fused-ring (bicyclic) bond motifs is 2. The van der Waals surface area contributed by atoms with Gasteiger partial charge in [0, 0.05) is 23.7 Å². The van der Waals surface area contributed by atoms with Crippen molar-refractivity contribution in [2.75, 3.05) is 0 Å². The molecule has 96 valence electrons. The van der Waals surface area contributed by atoms with E-state index in [-0.39, 0.29) is 0 Å². The molecule has 1 atom stereocenters. The Morgan fingerprint density at radius 3 is 2.79 bits per heavy atom. The fraction of sp³-hybridized carbons (Fsp3) is 0.200. The molecule has 0 aromatic carbocycles. The van der Waals surface area contributed by atoms with Gasteiger partial charge in [-0.1, -0.05) is 24.6 Å². The monoisotopic (exact) mass is 272 g/mol. The van der Waals surface area contributed by atoms with Gasteiger partial charge in [-0.3, -0.25) is 9.97 Å². The molecule has 0 unspecified atom stereocenters. The van der Waals surface area contributed by atoms with Gasteiger partial charge in [-0.2, -0.15) is 0 Å². The minimum atomic E-state index is -0.723. The summed E-state index contributed by atoms with van der Waals surface area (Å²) >= 11 is 5.97. The Kier molecular flexibility index (Phi) is 3.09. The van der Waals surface area contributed by atoms with Gasteiger partial charge in [0.1, 0.15) is 6.10 Å². The standard InChI is InChI=1S/C15H13ClN2O/c1-2-11-6-12-9(7-17-11)3-4-14-13(15(12)19)5-10(16)8-18-14/h3-8,15,19H,2H2,1H3/t15-/m0/s1. The third kappa shape index (κ3) is 2.15. The Balaban J connectivity index is 2.20. The van der Waals surface area contributed by atoms with Gasteiger partial charge in [0.2, 0.25) is 0 Å². The Morgan fingerprint density at radius 2 is 2.00 bits per heavy atom. The second kappa shape index (κ2) is 4.76. The van der Waals surface area contributed by atoms with E-state index in [0.29, 0.717) is 5.02 Å². The van der Waals surface area contributed by atoms with Gasteiger partial charge < -0.3 is 5.11 Å². The lowest BCUT2D eigenvalue weighted by Gasteiger charge is -2.14. The minimum Gasteiger partial charge on any atom is -0.384 e. The number of aryl methyl sites for hydroxylation is 1. The van der Waals surface area contributed by atoms with Crippen molar-refractivity contribution in [3.63, 3.8) is 0 Å². The molecule has 3 rings (SSSR count). The first-order chi connectivity index (χ1) is 9.19. The third-order valence-electron chi connectivity index (χ3n) is 3.31. The maximum absolute atomic E-state index is 10.6. The van der Waals surface area contributed by atoms with Crippen LogP contribution in [0.4, 0.5) is 0 Å². The molecule has 1 N–H and O–H groups in total. The summed E-state index contributed by atoms with van der Waals surface area (Å²) in [6, 6.07) is 3.71. The quantitative estimate of drug-likeness (QED) is 0.867. The van der Waals surface area contributed by atoms with Crippen LogP contribution in [0.15, 0.2) is 24.5 Å². The van der Waals surface area contributed by atoms with E-state index in [0.717, 1.165) is 34.5 Å². The molecule has 0 fully saturated rings. The number of aliphatic hydroxyl groups is 1. The summed E-state index contributed by atoms with van der Waals surface area (Å²) in [6.07, 6.45) is 7.31. The first-order valence-electron chi connectivity index (χ1n) is 6.19. The molecular weight excluding hydrogens is 260 g/mol. The van der Waals surface area contributed by atoms with E-state index in [1.54, 1.807) is 18.5 Å². The van der Waals surface area contributed by atoms with Crippen LogP contribution in [0.2, 0.25) is 5.02 Å². The lowest BCUT2D eigenvalue weighted by molar-refractivity contribution is 0.219. The van der Waals surface area contributed by atoms with Crippen LogP contribution in [0.5, 0.6) is 0 Å². The molecule has 3 nitrogen and oxygen atoms in total. The number of rotatable bonds is 1. The Labute approximate surface area is 116 Å². The molecule has 2 aromatic heterocycles. The molecule has 1 aliphatic carbocycles. The van der Waals surface area contributed by atoms with Crippen LogP contribution >= 0.6 is 11.6 Å². The van der Waals surface area contributed by atoms with E-state index in [2.05, 4.69) is 9.97 Å². The van der Waals surface area contributed by atoms with Crippen molar-refractivity contribution in [1.29, 1.82) is 0 Å². The molecule has 0 aliphatic heterocycles. The summed E-state index contributed by atoms with van der Waals surface area (Å²) in [6.45, 7) is 2.04. The third-order valence-corrected chi connectivity index (χ3v) is 3.52. The molecule has 19 heavy (non-hydrogen) atoms. The number of aromatic nitrogens is 2. The molecule has 0 spiro atoms.